The molecule has 0 aromatic rings. The van der Waals surface area contributed by atoms with Crippen LogP contribution in [0.2, 0.25) is 0 Å². The van der Waals surface area contributed by atoms with Crippen LogP contribution in [0.5, 0.6) is 0 Å². The van der Waals surface area contributed by atoms with Crippen LogP contribution in [0.1, 0.15) is 53.9 Å². The third-order valence-electron chi connectivity index (χ3n) is 5.16. The predicted molar refractivity (Wildman–Crippen MR) is 96.2 cm³/mol. The Labute approximate surface area is 156 Å². The monoisotopic (exact) mass is 368 g/mol. The van der Waals surface area contributed by atoms with E-state index in [-0.39, 0.29) is 12.7 Å². The molecule has 1 aliphatic heterocycles. The van der Waals surface area contributed by atoms with E-state index in [1.54, 1.807) is 12.2 Å². The van der Waals surface area contributed by atoms with E-state index in [2.05, 4.69) is 20.8 Å². The van der Waals surface area contributed by atoms with Gasteiger partial charge in [-0.25, -0.2) is 0 Å². The van der Waals surface area contributed by atoms with Crippen LogP contribution in [-0.4, -0.2) is 43.1 Å². The van der Waals surface area contributed by atoms with Gasteiger partial charge < -0.3 is 18.9 Å². The van der Waals surface area contributed by atoms with Crippen LogP contribution in [0.25, 0.3) is 0 Å². The molecule has 26 heavy (non-hydrogen) atoms. The van der Waals surface area contributed by atoms with Gasteiger partial charge in [-0.3, -0.25) is 9.59 Å². The molecule has 0 radical (unpaired) electrons. The molecular formula is C20H32O6. The first-order chi connectivity index (χ1) is 12.3. The lowest BCUT2D eigenvalue weighted by atomic mass is 9.75. The molecular weight excluding hydrogens is 336 g/mol. The van der Waals surface area contributed by atoms with Crippen LogP contribution in [0.3, 0.4) is 0 Å². The highest BCUT2D eigenvalue weighted by molar-refractivity contribution is 5.66. The summed E-state index contributed by atoms with van der Waals surface area (Å²) in [7, 11) is 0. The highest BCUT2D eigenvalue weighted by atomic mass is 16.7. The van der Waals surface area contributed by atoms with E-state index < -0.39 is 30.4 Å². The lowest BCUT2D eigenvalue weighted by molar-refractivity contribution is -0.222. The minimum Gasteiger partial charge on any atom is -0.463 e. The maximum Gasteiger partial charge on any atom is 0.303 e. The molecule has 148 valence electrons. The first kappa shape index (κ1) is 20.9. The van der Waals surface area contributed by atoms with Crippen LogP contribution in [0, 0.1) is 17.8 Å². The molecule has 0 N–H and O–H groups in total. The third-order valence-corrected chi connectivity index (χ3v) is 5.16. The van der Waals surface area contributed by atoms with Crippen LogP contribution in [-0.2, 0) is 28.5 Å². The topological polar surface area (TPSA) is 71.1 Å². The number of carbonyl (C=O) groups excluding carboxylic acids is 2. The molecule has 2 rings (SSSR count). The van der Waals surface area contributed by atoms with Crippen molar-refractivity contribution in [1.82, 2.24) is 0 Å². The molecule has 1 heterocycles. The summed E-state index contributed by atoms with van der Waals surface area (Å²) in [5.41, 5.74) is 0. The Morgan fingerprint density at radius 3 is 2.50 bits per heavy atom. The summed E-state index contributed by atoms with van der Waals surface area (Å²) in [5.74, 6) is 0.875. The molecule has 1 aliphatic carbocycles. The number of hydrogen-bond donors (Lipinski definition) is 0. The molecule has 0 saturated heterocycles. The molecule has 1 saturated carbocycles. The Bertz CT molecular complexity index is 514. The van der Waals surface area contributed by atoms with Crippen LogP contribution >= 0.6 is 0 Å². The smallest absolute Gasteiger partial charge is 0.303 e. The number of carbonyl (C=O) groups is 2. The number of esters is 2. The molecule has 0 aromatic heterocycles. The zero-order valence-corrected chi connectivity index (χ0v) is 16.5. The Morgan fingerprint density at radius 1 is 1.15 bits per heavy atom. The fraction of sp³-hybridized carbons (Fsp3) is 0.800. The summed E-state index contributed by atoms with van der Waals surface area (Å²) in [6.45, 7) is 9.42. The highest BCUT2D eigenvalue weighted by Gasteiger charge is 2.36. The van der Waals surface area contributed by atoms with E-state index >= 15 is 0 Å². The van der Waals surface area contributed by atoms with E-state index in [9.17, 15) is 9.59 Å². The van der Waals surface area contributed by atoms with Crippen molar-refractivity contribution in [2.24, 2.45) is 17.8 Å². The van der Waals surface area contributed by atoms with Crippen molar-refractivity contribution in [3.63, 3.8) is 0 Å². The first-order valence-corrected chi connectivity index (χ1v) is 9.56. The SMILES string of the molecule is CC(=O)OC[C@H]1O[C@H](O[C@@H]2C[C@H](C)CC[C@H]2C(C)C)C=C[C@@H]1OC(C)=O. The average Bonchev–Trinajstić information content (AvgIpc) is 2.54. The summed E-state index contributed by atoms with van der Waals surface area (Å²) in [5, 5.41) is 0. The standard InChI is InChI=1S/C20H32O6/c1-12(2)16-7-6-13(3)10-18(16)25-20-9-8-17(24-15(5)22)19(26-20)11-23-14(4)21/h8-9,12-13,16-20H,6-7,10-11H2,1-5H3/t13-,16+,17+,18-,19-,20+/m1/s1. The van der Waals surface area contributed by atoms with Gasteiger partial charge in [-0.2, -0.15) is 0 Å². The second kappa shape index (κ2) is 9.51. The van der Waals surface area contributed by atoms with Crippen molar-refractivity contribution in [1.29, 1.82) is 0 Å². The van der Waals surface area contributed by atoms with Gasteiger partial charge in [0.25, 0.3) is 0 Å². The van der Waals surface area contributed by atoms with Crippen molar-refractivity contribution < 1.29 is 28.5 Å². The maximum absolute atomic E-state index is 11.3. The lowest BCUT2D eigenvalue weighted by Gasteiger charge is -2.40. The largest absolute Gasteiger partial charge is 0.463 e. The summed E-state index contributed by atoms with van der Waals surface area (Å²) in [4.78, 5) is 22.4. The summed E-state index contributed by atoms with van der Waals surface area (Å²) in [6.07, 6.45) is 5.40. The second-order valence-corrected chi connectivity index (χ2v) is 7.81. The molecule has 0 unspecified atom stereocenters. The minimum atomic E-state index is -0.585. The molecule has 0 amide bonds. The number of rotatable bonds is 6. The minimum absolute atomic E-state index is 0.0200. The van der Waals surface area contributed by atoms with Crippen molar-refractivity contribution in [3.05, 3.63) is 12.2 Å². The van der Waals surface area contributed by atoms with Gasteiger partial charge in [-0.15, -0.1) is 0 Å². The van der Waals surface area contributed by atoms with Gasteiger partial charge in [0.1, 0.15) is 18.8 Å². The van der Waals surface area contributed by atoms with Crippen LogP contribution < -0.4 is 0 Å². The van der Waals surface area contributed by atoms with Gasteiger partial charge in [0.2, 0.25) is 0 Å². The van der Waals surface area contributed by atoms with Gasteiger partial charge >= 0.3 is 11.9 Å². The number of ether oxygens (including phenoxy) is 4. The molecule has 0 spiro atoms. The normalized spacial score (nSPS) is 34.5. The maximum atomic E-state index is 11.3. The molecule has 1 fully saturated rings. The Hall–Kier alpha value is -1.40. The van der Waals surface area contributed by atoms with E-state index in [0.29, 0.717) is 17.8 Å². The first-order valence-electron chi connectivity index (χ1n) is 9.56. The highest BCUT2D eigenvalue weighted by Crippen LogP contribution is 2.36. The number of hydrogen-bond acceptors (Lipinski definition) is 6. The van der Waals surface area contributed by atoms with E-state index in [1.165, 1.54) is 20.3 Å². The van der Waals surface area contributed by atoms with Gasteiger partial charge in [-0.1, -0.05) is 27.2 Å². The van der Waals surface area contributed by atoms with E-state index in [0.717, 1.165) is 12.8 Å². The van der Waals surface area contributed by atoms with E-state index in [4.69, 9.17) is 18.9 Å². The van der Waals surface area contributed by atoms with Crippen LogP contribution in [0.4, 0.5) is 0 Å². The van der Waals surface area contributed by atoms with Crippen molar-refractivity contribution in [2.75, 3.05) is 6.61 Å². The van der Waals surface area contributed by atoms with Gasteiger partial charge in [-0.05, 0) is 42.7 Å². The Balaban J connectivity index is 2.03. The fourth-order valence-corrected chi connectivity index (χ4v) is 3.78. The molecule has 6 nitrogen and oxygen atoms in total. The van der Waals surface area contributed by atoms with Gasteiger partial charge in [0, 0.05) is 13.8 Å². The molecule has 6 atom stereocenters. The van der Waals surface area contributed by atoms with Gasteiger partial charge in [0.15, 0.2) is 6.29 Å². The van der Waals surface area contributed by atoms with Crippen molar-refractivity contribution in [2.45, 2.75) is 78.5 Å². The van der Waals surface area contributed by atoms with Crippen molar-refractivity contribution >= 4 is 11.9 Å². The lowest BCUT2D eigenvalue weighted by Crippen LogP contribution is -2.44. The summed E-state index contributed by atoms with van der Waals surface area (Å²) < 4.78 is 22.5. The summed E-state index contributed by atoms with van der Waals surface area (Å²) >= 11 is 0. The predicted octanol–water partition coefficient (Wildman–Crippen LogP) is 3.24. The second-order valence-electron chi connectivity index (χ2n) is 7.81. The zero-order valence-electron chi connectivity index (χ0n) is 16.5. The van der Waals surface area contributed by atoms with E-state index in [1.807, 2.05) is 0 Å². The third kappa shape index (κ3) is 6.09. The molecule has 0 aromatic carbocycles. The quantitative estimate of drug-likeness (QED) is 0.529. The zero-order chi connectivity index (χ0) is 19.3. The fourth-order valence-electron chi connectivity index (χ4n) is 3.78. The Kier molecular flexibility index (Phi) is 7.65. The Morgan fingerprint density at radius 2 is 1.88 bits per heavy atom. The van der Waals surface area contributed by atoms with Crippen LogP contribution in [0.15, 0.2) is 12.2 Å². The average molecular weight is 368 g/mol. The molecule has 6 heteroatoms. The molecule has 2 aliphatic rings. The summed E-state index contributed by atoms with van der Waals surface area (Å²) in [6, 6.07) is 0. The van der Waals surface area contributed by atoms with Crippen molar-refractivity contribution in [3.8, 4) is 0 Å². The van der Waals surface area contributed by atoms with Gasteiger partial charge in [0.05, 0.1) is 6.10 Å². The molecule has 0 bridgehead atoms.